The van der Waals surface area contributed by atoms with E-state index in [1.807, 2.05) is 35.2 Å². The molecule has 4 aromatic rings. The van der Waals surface area contributed by atoms with Gasteiger partial charge in [0.15, 0.2) is 0 Å². The third-order valence-corrected chi connectivity index (χ3v) is 8.97. The summed E-state index contributed by atoms with van der Waals surface area (Å²) < 4.78 is 14.5. The van der Waals surface area contributed by atoms with Gasteiger partial charge in [0.25, 0.3) is 5.91 Å². The highest BCUT2D eigenvalue weighted by Gasteiger charge is 2.40. The van der Waals surface area contributed by atoms with Crippen molar-refractivity contribution >= 4 is 45.6 Å². The molecule has 0 radical (unpaired) electrons. The average Bonchev–Trinajstić information content (AvgIpc) is 3.32. The van der Waals surface area contributed by atoms with Crippen LogP contribution in [0.5, 0.6) is 0 Å². The van der Waals surface area contributed by atoms with Gasteiger partial charge in [0.1, 0.15) is 11.9 Å². The molecule has 4 aromatic carbocycles. The molecule has 3 aliphatic heterocycles. The minimum absolute atomic E-state index is 0.208. The number of carbonyl (C=O) groups excluding carboxylic acids is 3. The van der Waals surface area contributed by atoms with Crippen molar-refractivity contribution in [1.29, 1.82) is 5.26 Å². The molecular weight excluding hydrogens is 557 g/mol. The Morgan fingerprint density at radius 3 is 2.43 bits per heavy atom. The molecule has 7 rings (SSSR count). The van der Waals surface area contributed by atoms with Crippen LogP contribution in [0.3, 0.4) is 0 Å². The molecule has 3 heterocycles. The number of halogens is 1. The second kappa shape index (κ2) is 11.1. The minimum Gasteiger partial charge on any atom is -0.382 e. The predicted octanol–water partition coefficient (Wildman–Crippen LogP) is 5.29. The Labute approximate surface area is 254 Å². The normalized spacial score (nSPS) is 18.5. The lowest BCUT2D eigenvalue weighted by atomic mass is 9.95. The monoisotopic (exact) mass is 587 g/mol. The third-order valence-electron chi connectivity index (χ3n) is 8.97. The lowest BCUT2D eigenvalue weighted by Gasteiger charge is -2.34. The van der Waals surface area contributed by atoms with Crippen LogP contribution in [0.2, 0.25) is 0 Å². The lowest BCUT2D eigenvalue weighted by molar-refractivity contribution is -0.134. The van der Waals surface area contributed by atoms with E-state index >= 15 is 0 Å². The Morgan fingerprint density at radius 1 is 0.932 bits per heavy atom. The molecule has 0 saturated carbocycles. The smallest absolute Gasteiger partial charge is 0.259 e. The summed E-state index contributed by atoms with van der Waals surface area (Å²) in [4.78, 5) is 41.3. The van der Waals surface area contributed by atoms with Gasteiger partial charge in [0.05, 0.1) is 23.0 Å². The average molecular weight is 588 g/mol. The van der Waals surface area contributed by atoms with E-state index in [9.17, 15) is 18.8 Å². The number of imide groups is 1. The Kier molecular flexibility index (Phi) is 6.97. The maximum atomic E-state index is 14.5. The number of hydrogen-bond acceptors (Lipinski definition) is 6. The van der Waals surface area contributed by atoms with Crippen LogP contribution in [0.15, 0.2) is 72.8 Å². The van der Waals surface area contributed by atoms with Gasteiger partial charge in [0, 0.05) is 42.2 Å². The first-order valence-electron chi connectivity index (χ1n) is 14.9. The first-order chi connectivity index (χ1) is 21.4. The van der Waals surface area contributed by atoms with Crippen molar-refractivity contribution in [2.24, 2.45) is 0 Å². The van der Waals surface area contributed by atoms with Crippen molar-refractivity contribution in [1.82, 2.24) is 5.32 Å². The van der Waals surface area contributed by atoms with E-state index in [1.54, 1.807) is 23.1 Å². The fourth-order valence-corrected chi connectivity index (χ4v) is 6.73. The summed E-state index contributed by atoms with van der Waals surface area (Å²) >= 11 is 0. The van der Waals surface area contributed by atoms with Gasteiger partial charge in [-0.2, -0.15) is 5.26 Å². The Balaban J connectivity index is 1.03. The molecule has 8 nitrogen and oxygen atoms in total. The zero-order valence-electron chi connectivity index (χ0n) is 24.0. The van der Waals surface area contributed by atoms with Crippen molar-refractivity contribution in [3.8, 4) is 6.07 Å². The second-order valence-corrected chi connectivity index (χ2v) is 11.7. The number of anilines is 3. The maximum absolute atomic E-state index is 14.5. The molecule has 1 atom stereocenters. The van der Waals surface area contributed by atoms with Crippen LogP contribution in [0.4, 0.5) is 21.5 Å². The molecule has 2 N–H and O–H groups in total. The van der Waals surface area contributed by atoms with Gasteiger partial charge in [-0.25, -0.2) is 4.39 Å². The van der Waals surface area contributed by atoms with Gasteiger partial charge < -0.3 is 10.2 Å². The zero-order chi connectivity index (χ0) is 30.4. The summed E-state index contributed by atoms with van der Waals surface area (Å²) in [6.45, 7) is 1.46. The van der Waals surface area contributed by atoms with E-state index in [0.29, 0.717) is 35.3 Å². The van der Waals surface area contributed by atoms with Crippen molar-refractivity contribution in [2.45, 2.75) is 44.2 Å². The van der Waals surface area contributed by atoms with Crippen LogP contribution in [0, 0.1) is 17.1 Å². The van der Waals surface area contributed by atoms with Gasteiger partial charge in [-0.3, -0.25) is 24.6 Å². The van der Waals surface area contributed by atoms with Crippen molar-refractivity contribution in [3.63, 3.8) is 0 Å². The fourth-order valence-electron chi connectivity index (χ4n) is 6.73. The van der Waals surface area contributed by atoms with Crippen LogP contribution in [-0.4, -0.2) is 42.9 Å². The van der Waals surface area contributed by atoms with Gasteiger partial charge >= 0.3 is 0 Å². The van der Waals surface area contributed by atoms with E-state index < -0.39 is 11.9 Å². The Hall–Kier alpha value is -5.23. The molecule has 220 valence electrons. The lowest BCUT2D eigenvalue weighted by Crippen LogP contribution is -2.53. The number of amides is 3. The first-order valence-corrected chi connectivity index (χ1v) is 14.9. The van der Waals surface area contributed by atoms with Crippen molar-refractivity contribution in [3.05, 3.63) is 101 Å². The molecule has 0 spiro atoms. The molecule has 2 fully saturated rings. The highest BCUT2D eigenvalue weighted by molar-refractivity contribution is 6.27. The summed E-state index contributed by atoms with van der Waals surface area (Å²) in [6, 6.07) is 24.2. The van der Waals surface area contributed by atoms with E-state index in [1.165, 1.54) is 6.07 Å². The topological polar surface area (TPSA) is 106 Å². The highest BCUT2D eigenvalue weighted by atomic mass is 19.1. The summed E-state index contributed by atoms with van der Waals surface area (Å²) in [6.07, 6.45) is 2.94. The summed E-state index contributed by atoms with van der Waals surface area (Å²) in [7, 11) is 0. The minimum atomic E-state index is -0.703. The zero-order valence-corrected chi connectivity index (χ0v) is 24.0. The molecule has 2 saturated heterocycles. The number of benzene rings is 4. The van der Waals surface area contributed by atoms with Crippen LogP contribution in [-0.2, 0) is 16.0 Å². The van der Waals surface area contributed by atoms with E-state index in [0.717, 1.165) is 53.5 Å². The second-order valence-electron chi connectivity index (χ2n) is 11.7. The number of piperidine rings is 2. The molecule has 9 heteroatoms. The van der Waals surface area contributed by atoms with Crippen molar-refractivity contribution in [2.75, 3.05) is 28.2 Å². The molecule has 0 bridgehead atoms. The number of nitrogens with zero attached hydrogens (tertiary/aromatic N) is 3. The standard InChI is InChI=1S/C35H30FN5O3/c36-28-19-22(20-37)6-10-29(28)40-16-14-25(15-17-40)38-24-8-4-21(5-9-24)18-23-7-11-30-33-26(23)2-1-3-27(33)35(44)41(30)31-12-13-32(42)39-34(31)43/h1-11,19,25,31,38H,12-18H2,(H,39,42,43). The molecular formula is C35H30FN5O3. The highest BCUT2D eigenvalue weighted by Crippen LogP contribution is 2.41. The quantitative estimate of drug-likeness (QED) is 0.297. The van der Waals surface area contributed by atoms with E-state index in [4.69, 9.17) is 5.26 Å². The Bertz CT molecular complexity index is 1860. The van der Waals surface area contributed by atoms with Crippen LogP contribution in [0.1, 0.15) is 52.7 Å². The Morgan fingerprint density at radius 2 is 1.70 bits per heavy atom. The van der Waals surface area contributed by atoms with Gasteiger partial charge in [0.2, 0.25) is 11.8 Å². The van der Waals surface area contributed by atoms with Gasteiger partial charge in [-0.05, 0) is 84.7 Å². The largest absolute Gasteiger partial charge is 0.382 e. The molecule has 3 aliphatic rings. The fraction of sp³-hybridized carbons (Fsp3) is 0.257. The third kappa shape index (κ3) is 4.92. The van der Waals surface area contributed by atoms with E-state index in [2.05, 4.69) is 34.9 Å². The number of nitriles is 1. The SMILES string of the molecule is N#Cc1ccc(N2CCC(Nc3ccc(Cc4ccc5c6c(cccc46)C(=O)N5C4CCC(=O)NC4=O)cc3)CC2)c(F)c1. The summed E-state index contributed by atoms with van der Waals surface area (Å²) in [5, 5.41) is 16.8. The maximum Gasteiger partial charge on any atom is 0.259 e. The molecule has 44 heavy (non-hydrogen) atoms. The predicted molar refractivity (Wildman–Crippen MR) is 166 cm³/mol. The van der Waals surface area contributed by atoms with Gasteiger partial charge in [-0.1, -0.05) is 30.3 Å². The van der Waals surface area contributed by atoms with Crippen LogP contribution >= 0.6 is 0 Å². The molecule has 0 aliphatic carbocycles. The molecule has 1 unspecified atom stereocenters. The van der Waals surface area contributed by atoms with Crippen LogP contribution in [0.25, 0.3) is 10.8 Å². The summed E-state index contributed by atoms with van der Waals surface area (Å²) in [5.41, 5.74) is 5.42. The number of rotatable bonds is 6. The van der Waals surface area contributed by atoms with Crippen molar-refractivity contribution < 1.29 is 18.8 Å². The number of carbonyl (C=O) groups is 3. The van der Waals surface area contributed by atoms with E-state index in [-0.39, 0.29) is 30.1 Å². The first kappa shape index (κ1) is 27.6. The number of nitrogens with one attached hydrogen (secondary N) is 2. The molecule has 3 amide bonds. The molecule has 0 aromatic heterocycles. The number of hydrogen-bond donors (Lipinski definition) is 2. The van der Waals surface area contributed by atoms with Gasteiger partial charge in [-0.15, -0.1) is 0 Å². The van der Waals surface area contributed by atoms with Crippen LogP contribution < -0.4 is 20.4 Å². The summed E-state index contributed by atoms with van der Waals surface area (Å²) in [5.74, 6) is -1.30.